The van der Waals surface area contributed by atoms with Crippen LogP contribution in [0.4, 0.5) is 0 Å². The summed E-state index contributed by atoms with van der Waals surface area (Å²) >= 11 is 0. The Kier molecular flexibility index (Phi) is 7.39. The van der Waals surface area contributed by atoms with E-state index in [1.165, 1.54) is 33.4 Å². The van der Waals surface area contributed by atoms with Gasteiger partial charge in [0.2, 0.25) is 0 Å². The summed E-state index contributed by atoms with van der Waals surface area (Å²) in [6.07, 6.45) is 0. The van der Waals surface area contributed by atoms with Gasteiger partial charge in [0.1, 0.15) is 11.2 Å². The van der Waals surface area contributed by atoms with Crippen LogP contribution in [0.5, 0.6) is 0 Å². The summed E-state index contributed by atoms with van der Waals surface area (Å²) in [6.45, 7) is 0. The zero-order valence-electron chi connectivity index (χ0n) is 30.4. The van der Waals surface area contributed by atoms with Crippen molar-refractivity contribution in [1.82, 2.24) is 9.97 Å². The molecule has 0 N–H and O–H groups in total. The van der Waals surface area contributed by atoms with Crippen molar-refractivity contribution in [3.05, 3.63) is 229 Å². The summed E-state index contributed by atoms with van der Waals surface area (Å²) in [5, 5.41) is 2.23. The molecule has 0 amide bonds. The molecule has 1 aliphatic carbocycles. The highest BCUT2D eigenvalue weighted by atomic mass is 16.3. The number of aromatic nitrogens is 2. The summed E-state index contributed by atoms with van der Waals surface area (Å²) in [4.78, 5) is 10.6. The van der Waals surface area contributed by atoms with Crippen LogP contribution < -0.4 is 0 Å². The highest BCUT2D eigenvalue weighted by Gasteiger charge is 2.46. The summed E-state index contributed by atoms with van der Waals surface area (Å²) in [7, 11) is 0. The zero-order chi connectivity index (χ0) is 37.1. The first-order chi connectivity index (χ1) is 27.8. The fourth-order valence-corrected chi connectivity index (χ4v) is 8.90. The number of nitrogens with zero attached hydrogens (tertiary/aromatic N) is 2. The SMILES string of the molecule is c1ccc(-c2nc(-c3ccc4c(c3)C(c3ccccc3)(c3ccccc3)c3ccccc3-4)cc(-c3ccccc3-c3ccc4c(c3)oc3ccccc34)n2)cc1. The second-order valence-electron chi connectivity index (χ2n) is 14.5. The van der Waals surface area contributed by atoms with Crippen LogP contribution in [-0.2, 0) is 5.41 Å². The van der Waals surface area contributed by atoms with Gasteiger partial charge in [0.05, 0.1) is 16.8 Å². The Balaban J connectivity index is 1.13. The third-order valence-corrected chi connectivity index (χ3v) is 11.4. The van der Waals surface area contributed by atoms with Crippen molar-refractivity contribution >= 4 is 21.9 Å². The molecule has 11 rings (SSSR count). The van der Waals surface area contributed by atoms with Crippen molar-refractivity contribution < 1.29 is 4.42 Å². The van der Waals surface area contributed by atoms with Gasteiger partial charge >= 0.3 is 0 Å². The Morgan fingerprint density at radius 1 is 0.339 bits per heavy atom. The van der Waals surface area contributed by atoms with Gasteiger partial charge in [0.25, 0.3) is 0 Å². The quantitative estimate of drug-likeness (QED) is 0.172. The van der Waals surface area contributed by atoms with Crippen LogP contribution in [0.1, 0.15) is 22.3 Å². The molecule has 8 aromatic carbocycles. The van der Waals surface area contributed by atoms with Crippen molar-refractivity contribution in [1.29, 1.82) is 0 Å². The van der Waals surface area contributed by atoms with E-state index in [1.807, 2.05) is 30.3 Å². The van der Waals surface area contributed by atoms with Crippen LogP contribution in [0.15, 0.2) is 211 Å². The number of para-hydroxylation sites is 1. The normalized spacial score (nSPS) is 12.8. The van der Waals surface area contributed by atoms with Crippen molar-refractivity contribution in [3.63, 3.8) is 0 Å². The predicted octanol–water partition coefficient (Wildman–Crippen LogP) is 13.4. The van der Waals surface area contributed by atoms with E-state index in [1.54, 1.807) is 0 Å². The molecule has 0 atom stereocenters. The second kappa shape index (κ2) is 12.9. The van der Waals surface area contributed by atoms with Crippen molar-refractivity contribution in [2.24, 2.45) is 0 Å². The van der Waals surface area contributed by atoms with Crippen LogP contribution in [0, 0.1) is 0 Å². The van der Waals surface area contributed by atoms with Gasteiger partial charge in [0.15, 0.2) is 5.82 Å². The number of furan rings is 1. The molecule has 3 heteroatoms. The standard InChI is InChI=1S/C53H34N2O/c1-4-16-35(17-5-1)52-54-48(34-49(55-52)43-24-11-10-22-40(43)36-28-31-45-44-25-13-15-27-50(44)56-51(45)33-36)37-29-30-42-41-23-12-14-26-46(41)53(47(42)32-37,38-18-6-2-7-19-38)39-20-8-3-9-21-39/h1-34H. The summed E-state index contributed by atoms with van der Waals surface area (Å²) in [5.74, 6) is 0.682. The van der Waals surface area contributed by atoms with E-state index in [4.69, 9.17) is 14.4 Å². The van der Waals surface area contributed by atoms with Crippen LogP contribution >= 0.6 is 0 Å². The Morgan fingerprint density at radius 2 is 0.911 bits per heavy atom. The van der Waals surface area contributed by atoms with Crippen molar-refractivity contribution in [2.45, 2.75) is 5.41 Å². The maximum absolute atomic E-state index is 6.33. The molecule has 262 valence electrons. The van der Waals surface area contributed by atoms with Gasteiger partial charge < -0.3 is 4.42 Å². The number of benzene rings is 8. The Hall–Kier alpha value is -7.36. The van der Waals surface area contributed by atoms with Gasteiger partial charge in [0, 0.05) is 27.5 Å². The predicted molar refractivity (Wildman–Crippen MR) is 228 cm³/mol. The van der Waals surface area contributed by atoms with E-state index in [0.717, 1.165) is 61.1 Å². The molecule has 2 heterocycles. The molecule has 10 aromatic rings. The average molecular weight is 715 g/mol. The molecular formula is C53H34N2O. The largest absolute Gasteiger partial charge is 0.456 e. The smallest absolute Gasteiger partial charge is 0.160 e. The Labute approximate surface area is 325 Å². The number of hydrogen-bond acceptors (Lipinski definition) is 3. The third kappa shape index (κ3) is 4.98. The minimum Gasteiger partial charge on any atom is -0.456 e. The zero-order valence-corrected chi connectivity index (χ0v) is 30.4. The van der Waals surface area contributed by atoms with E-state index in [0.29, 0.717) is 5.82 Å². The topological polar surface area (TPSA) is 38.9 Å². The molecule has 0 spiro atoms. The summed E-state index contributed by atoms with van der Waals surface area (Å²) < 4.78 is 6.33. The molecule has 0 aliphatic heterocycles. The highest BCUT2D eigenvalue weighted by Crippen LogP contribution is 2.56. The fourth-order valence-electron chi connectivity index (χ4n) is 8.90. The third-order valence-electron chi connectivity index (χ3n) is 11.4. The Morgan fingerprint density at radius 3 is 1.68 bits per heavy atom. The number of fused-ring (bicyclic) bond motifs is 6. The van der Waals surface area contributed by atoms with Gasteiger partial charge in [-0.05, 0) is 74.8 Å². The molecule has 0 fully saturated rings. The fraction of sp³-hybridized carbons (Fsp3) is 0.0189. The van der Waals surface area contributed by atoms with Gasteiger partial charge in [-0.15, -0.1) is 0 Å². The van der Waals surface area contributed by atoms with E-state index in [9.17, 15) is 0 Å². The number of rotatable bonds is 6. The second-order valence-corrected chi connectivity index (χ2v) is 14.5. The Bertz CT molecular complexity index is 3040. The molecular weight excluding hydrogens is 681 g/mol. The van der Waals surface area contributed by atoms with Crippen molar-refractivity contribution in [2.75, 3.05) is 0 Å². The molecule has 1 aliphatic rings. The molecule has 0 saturated carbocycles. The lowest BCUT2D eigenvalue weighted by atomic mass is 9.67. The van der Waals surface area contributed by atoms with Gasteiger partial charge in [-0.1, -0.05) is 176 Å². The first kappa shape index (κ1) is 32.1. The van der Waals surface area contributed by atoms with Gasteiger partial charge in [-0.3, -0.25) is 0 Å². The molecule has 0 saturated heterocycles. The molecule has 0 radical (unpaired) electrons. The van der Waals surface area contributed by atoms with Crippen LogP contribution in [-0.4, -0.2) is 9.97 Å². The lowest BCUT2D eigenvalue weighted by Gasteiger charge is -2.34. The lowest BCUT2D eigenvalue weighted by Crippen LogP contribution is -2.28. The number of hydrogen-bond donors (Lipinski definition) is 0. The van der Waals surface area contributed by atoms with E-state index >= 15 is 0 Å². The van der Waals surface area contributed by atoms with E-state index < -0.39 is 5.41 Å². The first-order valence-electron chi connectivity index (χ1n) is 19.1. The minimum absolute atomic E-state index is 0.509. The lowest BCUT2D eigenvalue weighted by molar-refractivity contribution is 0.669. The highest BCUT2D eigenvalue weighted by molar-refractivity contribution is 6.06. The molecule has 56 heavy (non-hydrogen) atoms. The summed E-state index contributed by atoms with van der Waals surface area (Å²) in [6, 6.07) is 73.3. The van der Waals surface area contributed by atoms with Crippen LogP contribution in [0.25, 0.3) is 78.1 Å². The van der Waals surface area contributed by atoms with Gasteiger partial charge in [-0.25, -0.2) is 9.97 Å². The van der Waals surface area contributed by atoms with E-state index in [2.05, 4.69) is 176 Å². The van der Waals surface area contributed by atoms with Gasteiger partial charge in [-0.2, -0.15) is 0 Å². The average Bonchev–Trinajstić information content (AvgIpc) is 3.80. The molecule has 2 aromatic heterocycles. The molecule has 0 bridgehead atoms. The van der Waals surface area contributed by atoms with E-state index in [-0.39, 0.29) is 0 Å². The molecule has 3 nitrogen and oxygen atoms in total. The first-order valence-corrected chi connectivity index (χ1v) is 19.1. The minimum atomic E-state index is -0.509. The van der Waals surface area contributed by atoms with Crippen LogP contribution in [0.2, 0.25) is 0 Å². The van der Waals surface area contributed by atoms with Crippen molar-refractivity contribution in [3.8, 4) is 56.2 Å². The van der Waals surface area contributed by atoms with Crippen LogP contribution in [0.3, 0.4) is 0 Å². The maximum atomic E-state index is 6.33. The monoisotopic (exact) mass is 714 g/mol. The summed E-state index contributed by atoms with van der Waals surface area (Å²) in [5.41, 5.74) is 15.6. The molecule has 0 unspecified atom stereocenters. The maximum Gasteiger partial charge on any atom is 0.160 e.